The van der Waals surface area contributed by atoms with Crippen LogP contribution in [0, 0.1) is 5.92 Å². The average Bonchev–Trinajstić information content (AvgIpc) is 2.82. The van der Waals surface area contributed by atoms with Crippen molar-refractivity contribution in [1.29, 1.82) is 0 Å². The summed E-state index contributed by atoms with van der Waals surface area (Å²) in [5.41, 5.74) is 4.84. The van der Waals surface area contributed by atoms with Gasteiger partial charge in [-0.25, -0.2) is 4.79 Å². The van der Waals surface area contributed by atoms with Crippen LogP contribution in [0.1, 0.15) is 63.0 Å². The predicted molar refractivity (Wildman–Crippen MR) is 129 cm³/mol. The minimum Gasteiger partial charge on any atom is -0.491 e. The van der Waals surface area contributed by atoms with Gasteiger partial charge in [0.25, 0.3) is 0 Å². The maximum absolute atomic E-state index is 11.5. The quantitative estimate of drug-likeness (QED) is 0.279. The molecule has 0 bridgehead atoms. The van der Waals surface area contributed by atoms with E-state index in [0.29, 0.717) is 18.9 Å². The van der Waals surface area contributed by atoms with Crippen LogP contribution < -0.4 is 4.74 Å². The van der Waals surface area contributed by atoms with Crippen molar-refractivity contribution >= 4 is 5.97 Å². The van der Waals surface area contributed by atoms with E-state index in [-0.39, 0.29) is 19.2 Å². The normalized spacial score (nSPS) is 18.6. The van der Waals surface area contributed by atoms with Gasteiger partial charge in [-0.1, -0.05) is 56.2 Å². The Hall–Kier alpha value is -2.59. The smallest absolute Gasteiger partial charge is 0.330 e. The summed E-state index contributed by atoms with van der Waals surface area (Å²) in [4.78, 5) is 11.5. The molecule has 1 saturated carbocycles. The maximum atomic E-state index is 11.5. The summed E-state index contributed by atoms with van der Waals surface area (Å²) in [6.07, 6.45) is 9.78. The minimum absolute atomic E-state index is 0.0242. The Balaban J connectivity index is 1.69. The van der Waals surface area contributed by atoms with Crippen LogP contribution in [-0.2, 0) is 16.0 Å². The molecule has 0 heterocycles. The molecule has 3 rings (SSSR count). The monoisotopic (exact) mass is 436 g/mol. The lowest BCUT2D eigenvalue weighted by Gasteiger charge is -2.26. The van der Waals surface area contributed by atoms with Crippen LogP contribution in [-0.4, -0.2) is 30.9 Å². The van der Waals surface area contributed by atoms with Gasteiger partial charge in [-0.2, -0.15) is 0 Å². The highest BCUT2D eigenvalue weighted by atomic mass is 16.5. The highest BCUT2D eigenvalue weighted by Gasteiger charge is 2.19. The molecule has 0 atom stereocenters. The van der Waals surface area contributed by atoms with Crippen LogP contribution in [0.3, 0.4) is 0 Å². The van der Waals surface area contributed by atoms with Gasteiger partial charge in [0.2, 0.25) is 0 Å². The van der Waals surface area contributed by atoms with E-state index >= 15 is 0 Å². The zero-order valence-electron chi connectivity index (χ0n) is 19.4. The lowest BCUT2D eigenvalue weighted by molar-refractivity contribution is -0.137. The molecule has 0 aliphatic heterocycles. The van der Waals surface area contributed by atoms with Crippen molar-refractivity contribution in [3.63, 3.8) is 0 Å². The number of ether oxygens (including phenoxy) is 2. The standard InChI is InChI=1S/C28H36O4/c1-3-5-28(30)32-18-4-6-26-20-25(15-16-27(26)31-19-17-29)24-13-11-23(12-14-24)22-9-7-21(2)8-10-22/h3,5,11-16,20-22,29H,4,6-10,17-19H2,1-2H3/b5-3+. The first-order chi connectivity index (χ1) is 15.6. The van der Waals surface area contributed by atoms with Crippen molar-refractivity contribution in [2.45, 2.75) is 58.3 Å². The van der Waals surface area contributed by atoms with Gasteiger partial charge in [-0.15, -0.1) is 0 Å². The first-order valence-corrected chi connectivity index (χ1v) is 11.9. The molecule has 0 spiro atoms. The SMILES string of the molecule is C/C=C/C(=O)OCCCc1cc(-c2ccc(C3CCC(C)CC3)cc2)ccc1OCCO. The van der Waals surface area contributed by atoms with Gasteiger partial charge in [0.15, 0.2) is 0 Å². The number of aliphatic hydroxyl groups excluding tert-OH is 1. The molecule has 0 unspecified atom stereocenters. The number of hydrogen-bond acceptors (Lipinski definition) is 4. The van der Waals surface area contributed by atoms with Crippen molar-refractivity contribution < 1.29 is 19.4 Å². The van der Waals surface area contributed by atoms with E-state index in [4.69, 9.17) is 14.6 Å². The number of allylic oxidation sites excluding steroid dienone is 1. The maximum Gasteiger partial charge on any atom is 0.330 e. The molecule has 2 aromatic rings. The average molecular weight is 437 g/mol. The number of aliphatic hydroxyl groups is 1. The predicted octanol–water partition coefficient (Wildman–Crippen LogP) is 6.07. The van der Waals surface area contributed by atoms with Crippen molar-refractivity contribution in [2.75, 3.05) is 19.8 Å². The Morgan fingerprint density at radius 2 is 1.75 bits per heavy atom. The molecule has 32 heavy (non-hydrogen) atoms. The summed E-state index contributed by atoms with van der Waals surface area (Å²) < 4.78 is 10.9. The molecular weight excluding hydrogens is 400 g/mol. The highest BCUT2D eigenvalue weighted by Crippen LogP contribution is 2.36. The topological polar surface area (TPSA) is 55.8 Å². The fourth-order valence-electron chi connectivity index (χ4n) is 4.41. The molecule has 1 aliphatic carbocycles. The number of benzene rings is 2. The fraction of sp³-hybridized carbons (Fsp3) is 0.464. The zero-order chi connectivity index (χ0) is 22.8. The summed E-state index contributed by atoms with van der Waals surface area (Å²) in [5, 5.41) is 9.14. The second-order valence-corrected chi connectivity index (χ2v) is 8.74. The van der Waals surface area contributed by atoms with E-state index in [9.17, 15) is 4.79 Å². The van der Waals surface area contributed by atoms with E-state index in [0.717, 1.165) is 29.2 Å². The highest BCUT2D eigenvalue weighted by molar-refractivity contribution is 5.81. The number of esters is 1. The molecule has 0 radical (unpaired) electrons. The van der Waals surface area contributed by atoms with Crippen molar-refractivity contribution in [2.24, 2.45) is 5.92 Å². The molecule has 4 heteroatoms. The van der Waals surface area contributed by atoms with Crippen LogP contribution in [0.4, 0.5) is 0 Å². The van der Waals surface area contributed by atoms with Gasteiger partial charge in [0.1, 0.15) is 12.4 Å². The molecule has 172 valence electrons. The first kappa shape index (κ1) is 24.1. The Kier molecular flexibility index (Phi) is 9.36. The van der Waals surface area contributed by atoms with E-state index < -0.39 is 0 Å². The number of carbonyl (C=O) groups is 1. The molecule has 2 aromatic carbocycles. The lowest BCUT2D eigenvalue weighted by Crippen LogP contribution is -2.10. The third-order valence-electron chi connectivity index (χ3n) is 6.28. The third-order valence-corrected chi connectivity index (χ3v) is 6.28. The van der Waals surface area contributed by atoms with E-state index in [1.807, 2.05) is 6.07 Å². The second kappa shape index (κ2) is 12.4. The van der Waals surface area contributed by atoms with Gasteiger partial charge in [0.05, 0.1) is 13.2 Å². The van der Waals surface area contributed by atoms with Gasteiger partial charge >= 0.3 is 5.97 Å². The van der Waals surface area contributed by atoms with Crippen molar-refractivity contribution in [1.82, 2.24) is 0 Å². The lowest BCUT2D eigenvalue weighted by atomic mass is 9.79. The third kappa shape index (κ3) is 6.96. The van der Waals surface area contributed by atoms with Crippen molar-refractivity contribution in [3.8, 4) is 16.9 Å². The first-order valence-electron chi connectivity index (χ1n) is 11.9. The van der Waals surface area contributed by atoms with Crippen LogP contribution in [0.2, 0.25) is 0 Å². The van der Waals surface area contributed by atoms with Crippen LogP contribution in [0.15, 0.2) is 54.6 Å². The summed E-state index contributed by atoms with van der Waals surface area (Å²) in [5.74, 6) is 2.01. The Bertz CT molecular complexity index is 877. The molecule has 4 nitrogen and oxygen atoms in total. The Morgan fingerprint density at radius 1 is 1.03 bits per heavy atom. The summed E-state index contributed by atoms with van der Waals surface area (Å²) >= 11 is 0. The van der Waals surface area contributed by atoms with Crippen LogP contribution >= 0.6 is 0 Å². The number of hydrogen-bond donors (Lipinski definition) is 1. The van der Waals surface area contributed by atoms with Gasteiger partial charge < -0.3 is 14.6 Å². The molecule has 1 fully saturated rings. The van der Waals surface area contributed by atoms with E-state index in [2.05, 4.69) is 43.3 Å². The van der Waals surface area contributed by atoms with Gasteiger partial charge in [0, 0.05) is 6.08 Å². The number of carbonyl (C=O) groups excluding carboxylic acids is 1. The van der Waals surface area contributed by atoms with Gasteiger partial charge in [-0.3, -0.25) is 0 Å². The molecule has 0 saturated heterocycles. The molecule has 1 aliphatic rings. The zero-order valence-corrected chi connectivity index (χ0v) is 19.4. The van der Waals surface area contributed by atoms with E-state index in [1.54, 1.807) is 13.0 Å². The summed E-state index contributed by atoms with van der Waals surface area (Å²) in [6, 6.07) is 15.2. The Morgan fingerprint density at radius 3 is 2.44 bits per heavy atom. The molecule has 0 aromatic heterocycles. The van der Waals surface area contributed by atoms with Crippen LogP contribution in [0.5, 0.6) is 5.75 Å². The number of rotatable bonds is 10. The van der Waals surface area contributed by atoms with Crippen molar-refractivity contribution in [3.05, 3.63) is 65.7 Å². The van der Waals surface area contributed by atoms with Gasteiger partial charge in [-0.05, 0) is 78.8 Å². The largest absolute Gasteiger partial charge is 0.491 e. The molecule has 1 N–H and O–H groups in total. The van der Waals surface area contributed by atoms with E-state index in [1.165, 1.54) is 42.9 Å². The summed E-state index contributed by atoms with van der Waals surface area (Å²) in [7, 11) is 0. The second-order valence-electron chi connectivity index (χ2n) is 8.74. The van der Waals surface area contributed by atoms with Crippen LogP contribution in [0.25, 0.3) is 11.1 Å². The molecule has 0 amide bonds. The fourth-order valence-corrected chi connectivity index (χ4v) is 4.41. The minimum atomic E-state index is -0.314. The number of aryl methyl sites for hydroxylation is 1. The molecular formula is C28H36O4. The Labute approximate surface area is 192 Å². The summed E-state index contributed by atoms with van der Waals surface area (Å²) in [6.45, 7) is 4.75.